The Balaban J connectivity index is 1.58. The number of aryl methyl sites for hydroxylation is 2. The van der Waals surface area contributed by atoms with Crippen molar-refractivity contribution in [3.63, 3.8) is 0 Å². The van der Waals surface area contributed by atoms with Crippen molar-refractivity contribution < 1.29 is 9.18 Å². The molecule has 2 heterocycles. The van der Waals surface area contributed by atoms with E-state index in [9.17, 15) is 9.18 Å². The summed E-state index contributed by atoms with van der Waals surface area (Å²) in [5.74, 6) is -0.566. The highest BCUT2D eigenvalue weighted by molar-refractivity contribution is 5.99. The molecule has 1 aromatic carbocycles. The lowest BCUT2D eigenvalue weighted by Crippen LogP contribution is -2.23. The second-order valence-electron chi connectivity index (χ2n) is 6.04. The van der Waals surface area contributed by atoms with E-state index in [2.05, 4.69) is 15.4 Å². The van der Waals surface area contributed by atoms with E-state index in [1.54, 1.807) is 22.8 Å². The van der Waals surface area contributed by atoms with Gasteiger partial charge >= 0.3 is 0 Å². The molecule has 1 aliphatic rings. The molecule has 6 heteroatoms. The Bertz CT molecular complexity index is 919. The van der Waals surface area contributed by atoms with Crippen molar-refractivity contribution in [1.29, 1.82) is 0 Å². The highest BCUT2D eigenvalue weighted by atomic mass is 19.1. The first kappa shape index (κ1) is 14.8. The van der Waals surface area contributed by atoms with Gasteiger partial charge in [-0.15, -0.1) is 0 Å². The van der Waals surface area contributed by atoms with Gasteiger partial charge in [-0.05, 0) is 48.9 Å². The summed E-state index contributed by atoms with van der Waals surface area (Å²) in [5.41, 5.74) is 4.09. The molecule has 1 amide bonds. The van der Waals surface area contributed by atoms with Crippen LogP contribution in [0, 0.1) is 5.82 Å². The predicted octanol–water partition coefficient (Wildman–Crippen LogP) is 2.68. The zero-order valence-corrected chi connectivity index (χ0v) is 13.1. The summed E-state index contributed by atoms with van der Waals surface area (Å²) in [6.45, 7) is 0.263. The lowest BCUT2D eigenvalue weighted by atomic mass is 9.97. The van der Waals surface area contributed by atoms with Gasteiger partial charge in [-0.2, -0.15) is 5.10 Å². The fraction of sp³-hybridized carbons (Fsp3) is 0.278. The molecule has 0 saturated carbocycles. The monoisotopic (exact) mass is 324 g/mol. The number of hydrogen-bond acceptors (Lipinski definition) is 3. The minimum atomic E-state index is -0.314. The van der Waals surface area contributed by atoms with E-state index in [-0.39, 0.29) is 18.3 Å². The van der Waals surface area contributed by atoms with Crippen LogP contribution in [-0.2, 0) is 19.4 Å². The SMILES string of the molecule is O=C(NCc1cccc(F)c1)c1cnn2c3c(cnc12)CCCC3. The van der Waals surface area contributed by atoms with Gasteiger partial charge in [0.1, 0.15) is 11.4 Å². The topological polar surface area (TPSA) is 59.3 Å². The van der Waals surface area contributed by atoms with Crippen LogP contribution in [0.5, 0.6) is 0 Å². The average molecular weight is 324 g/mol. The van der Waals surface area contributed by atoms with Crippen molar-refractivity contribution in [3.05, 3.63) is 64.9 Å². The first-order chi connectivity index (χ1) is 11.7. The molecule has 0 bridgehead atoms. The first-order valence-electron chi connectivity index (χ1n) is 8.09. The molecule has 5 nitrogen and oxygen atoms in total. The largest absolute Gasteiger partial charge is 0.348 e. The van der Waals surface area contributed by atoms with Crippen molar-refractivity contribution in [1.82, 2.24) is 19.9 Å². The Hall–Kier alpha value is -2.76. The van der Waals surface area contributed by atoms with Crippen LogP contribution in [-0.4, -0.2) is 20.5 Å². The van der Waals surface area contributed by atoms with Gasteiger partial charge in [-0.25, -0.2) is 13.9 Å². The van der Waals surface area contributed by atoms with E-state index in [4.69, 9.17) is 0 Å². The molecule has 0 atom stereocenters. The molecule has 122 valence electrons. The molecule has 0 saturated heterocycles. The summed E-state index contributed by atoms with van der Waals surface area (Å²) >= 11 is 0. The highest BCUT2D eigenvalue weighted by Gasteiger charge is 2.19. The minimum absolute atomic E-state index is 0.252. The molecule has 0 spiro atoms. The zero-order valence-electron chi connectivity index (χ0n) is 13.1. The number of aromatic nitrogens is 3. The van der Waals surface area contributed by atoms with Gasteiger partial charge < -0.3 is 5.32 Å². The standard InChI is InChI=1S/C18H17FN4O/c19-14-6-3-4-12(8-14)9-21-18(24)15-11-22-23-16-7-2-1-5-13(16)10-20-17(15)23/h3-4,6,8,10-11H,1-2,5,7,9H2,(H,21,24). The van der Waals surface area contributed by atoms with Crippen molar-refractivity contribution in [2.45, 2.75) is 32.2 Å². The van der Waals surface area contributed by atoms with Gasteiger partial charge in [-0.1, -0.05) is 12.1 Å². The van der Waals surface area contributed by atoms with Crippen LogP contribution in [0.25, 0.3) is 5.65 Å². The van der Waals surface area contributed by atoms with Gasteiger partial charge in [0, 0.05) is 18.4 Å². The molecular formula is C18H17FN4O. The minimum Gasteiger partial charge on any atom is -0.348 e. The van der Waals surface area contributed by atoms with E-state index in [1.165, 1.54) is 24.1 Å². The molecule has 2 aromatic heterocycles. The van der Waals surface area contributed by atoms with Gasteiger partial charge in [0.2, 0.25) is 0 Å². The third-order valence-electron chi connectivity index (χ3n) is 4.41. The van der Waals surface area contributed by atoms with Crippen molar-refractivity contribution in [3.8, 4) is 0 Å². The molecule has 0 fully saturated rings. The molecule has 0 aliphatic heterocycles. The van der Waals surface area contributed by atoms with Crippen LogP contribution in [0.1, 0.15) is 40.0 Å². The third-order valence-corrected chi connectivity index (χ3v) is 4.41. The quantitative estimate of drug-likeness (QED) is 0.806. The summed E-state index contributed by atoms with van der Waals surface area (Å²) in [7, 11) is 0. The molecule has 1 N–H and O–H groups in total. The second-order valence-corrected chi connectivity index (χ2v) is 6.04. The van der Waals surface area contributed by atoms with Crippen LogP contribution in [0.15, 0.2) is 36.7 Å². The number of carbonyl (C=O) groups is 1. The van der Waals surface area contributed by atoms with Gasteiger partial charge in [0.15, 0.2) is 5.65 Å². The van der Waals surface area contributed by atoms with Crippen molar-refractivity contribution >= 4 is 11.6 Å². The summed E-state index contributed by atoms with van der Waals surface area (Å²) in [6.07, 6.45) is 7.68. The lowest BCUT2D eigenvalue weighted by Gasteiger charge is -2.15. The summed E-state index contributed by atoms with van der Waals surface area (Å²) < 4.78 is 15.0. The number of nitrogens with one attached hydrogen (secondary N) is 1. The summed E-state index contributed by atoms with van der Waals surface area (Å²) in [6, 6.07) is 6.18. The maximum Gasteiger partial charge on any atom is 0.257 e. The van der Waals surface area contributed by atoms with Gasteiger partial charge in [0.05, 0.1) is 6.20 Å². The number of benzene rings is 1. The predicted molar refractivity (Wildman–Crippen MR) is 87.2 cm³/mol. The normalized spacial score (nSPS) is 13.7. The number of hydrogen-bond donors (Lipinski definition) is 1. The molecule has 1 aliphatic carbocycles. The van der Waals surface area contributed by atoms with E-state index >= 15 is 0 Å². The second kappa shape index (κ2) is 6.03. The Morgan fingerprint density at radius 1 is 1.25 bits per heavy atom. The van der Waals surface area contributed by atoms with E-state index in [0.717, 1.165) is 25.0 Å². The van der Waals surface area contributed by atoms with E-state index < -0.39 is 0 Å². The van der Waals surface area contributed by atoms with Gasteiger partial charge in [0.25, 0.3) is 5.91 Å². The number of fused-ring (bicyclic) bond motifs is 3. The first-order valence-corrected chi connectivity index (χ1v) is 8.09. The van der Waals surface area contributed by atoms with Crippen LogP contribution >= 0.6 is 0 Å². The summed E-state index contributed by atoms with van der Waals surface area (Å²) in [4.78, 5) is 16.9. The summed E-state index contributed by atoms with van der Waals surface area (Å²) in [5, 5.41) is 7.16. The number of nitrogens with zero attached hydrogens (tertiary/aromatic N) is 3. The Morgan fingerprint density at radius 2 is 2.12 bits per heavy atom. The lowest BCUT2D eigenvalue weighted by molar-refractivity contribution is 0.0952. The smallest absolute Gasteiger partial charge is 0.257 e. The number of rotatable bonds is 3. The number of halogens is 1. The molecule has 24 heavy (non-hydrogen) atoms. The molecular weight excluding hydrogens is 307 g/mol. The maximum absolute atomic E-state index is 13.2. The van der Waals surface area contributed by atoms with Crippen LogP contribution in [0.4, 0.5) is 4.39 Å². The third kappa shape index (κ3) is 2.64. The van der Waals surface area contributed by atoms with Crippen LogP contribution in [0.3, 0.4) is 0 Å². The fourth-order valence-electron chi connectivity index (χ4n) is 3.18. The Labute approximate surface area is 138 Å². The maximum atomic E-state index is 13.2. The van der Waals surface area contributed by atoms with Crippen molar-refractivity contribution in [2.24, 2.45) is 0 Å². The number of carbonyl (C=O) groups excluding carboxylic acids is 1. The van der Waals surface area contributed by atoms with Crippen molar-refractivity contribution in [2.75, 3.05) is 0 Å². The molecule has 4 rings (SSSR count). The van der Waals surface area contributed by atoms with Crippen LogP contribution < -0.4 is 5.32 Å². The zero-order chi connectivity index (χ0) is 16.5. The van der Waals surface area contributed by atoms with E-state index in [0.29, 0.717) is 16.8 Å². The molecule has 0 unspecified atom stereocenters. The number of amides is 1. The van der Waals surface area contributed by atoms with E-state index in [1.807, 2.05) is 6.20 Å². The average Bonchev–Trinajstić information content (AvgIpc) is 3.04. The van der Waals surface area contributed by atoms with Gasteiger partial charge in [-0.3, -0.25) is 4.79 Å². The van der Waals surface area contributed by atoms with Crippen LogP contribution in [0.2, 0.25) is 0 Å². The molecule has 3 aromatic rings. The highest BCUT2D eigenvalue weighted by Crippen LogP contribution is 2.22. The fourth-order valence-corrected chi connectivity index (χ4v) is 3.18. The Kier molecular flexibility index (Phi) is 3.72. The Morgan fingerprint density at radius 3 is 3.00 bits per heavy atom. The molecule has 0 radical (unpaired) electrons.